The summed E-state index contributed by atoms with van der Waals surface area (Å²) in [4.78, 5) is 0. The molecule has 0 aliphatic carbocycles. The number of halogens is 8. The molecule has 180 valence electrons. The topological polar surface area (TPSA) is 80.9 Å². The van der Waals surface area contributed by atoms with E-state index in [4.69, 9.17) is 33.4 Å². The lowest BCUT2D eigenvalue weighted by atomic mass is 9.93. The highest BCUT2D eigenvalue weighted by atomic mass is 35.5. The lowest BCUT2D eigenvalue weighted by molar-refractivity contribution is -0.277. The first-order valence-electron chi connectivity index (χ1n) is 8.77. The molecule has 0 saturated heterocycles. The smallest absolute Gasteiger partial charge is 0.393 e. The summed E-state index contributed by atoms with van der Waals surface area (Å²) >= 11 is 11.3. The van der Waals surface area contributed by atoms with E-state index in [0.29, 0.717) is 11.1 Å². The van der Waals surface area contributed by atoms with Gasteiger partial charge >= 0.3 is 12.4 Å². The van der Waals surface area contributed by atoms with E-state index >= 15 is 0 Å². The van der Waals surface area contributed by atoms with Gasteiger partial charge in [0.15, 0.2) is 0 Å². The summed E-state index contributed by atoms with van der Waals surface area (Å²) in [6.45, 7) is 0.348. The van der Waals surface area contributed by atoms with Crippen LogP contribution in [-0.2, 0) is 11.2 Å². The van der Waals surface area contributed by atoms with Crippen molar-refractivity contribution in [1.29, 1.82) is 0 Å². The Morgan fingerprint density at radius 1 is 0.656 bits per heavy atom. The Balaban J connectivity index is 0.000000320. The molecule has 0 radical (unpaired) electrons. The highest BCUT2D eigenvalue weighted by Crippen LogP contribution is 2.40. The van der Waals surface area contributed by atoms with Crippen LogP contribution < -0.4 is 0 Å². The van der Waals surface area contributed by atoms with E-state index in [1.54, 1.807) is 13.8 Å². The number of hydrogen-bond donors (Lipinski definition) is 4. The maximum Gasteiger partial charge on any atom is 0.423 e. The van der Waals surface area contributed by atoms with Crippen molar-refractivity contribution in [2.75, 3.05) is 13.2 Å². The Morgan fingerprint density at radius 3 is 1.12 bits per heavy atom. The molecule has 32 heavy (non-hydrogen) atoms. The molecule has 2 rings (SSSR count). The fourth-order valence-electron chi connectivity index (χ4n) is 2.39. The zero-order valence-electron chi connectivity index (χ0n) is 16.7. The molecule has 2 atom stereocenters. The zero-order valence-corrected chi connectivity index (χ0v) is 18.2. The van der Waals surface area contributed by atoms with Gasteiger partial charge in [-0.2, -0.15) is 26.3 Å². The molecule has 0 amide bonds. The van der Waals surface area contributed by atoms with E-state index in [1.807, 2.05) is 0 Å². The van der Waals surface area contributed by atoms with Gasteiger partial charge in [-0.15, -0.1) is 0 Å². The predicted molar refractivity (Wildman–Crippen MR) is 106 cm³/mol. The summed E-state index contributed by atoms with van der Waals surface area (Å²) in [5, 5.41) is 36.5. The molecule has 0 heterocycles. The lowest BCUT2D eigenvalue weighted by Gasteiger charge is -2.29. The molecule has 0 aliphatic rings. The van der Waals surface area contributed by atoms with E-state index < -0.39 is 47.9 Å². The first-order valence-corrected chi connectivity index (χ1v) is 9.53. The highest BCUT2D eigenvalue weighted by molar-refractivity contribution is 6.31. The predicted octanol–water partition coefficient (Wildman–Crippen LogP) is 4.78. The molecule has 0 fully saturated rings. The summed E-state index contributed by atoms with van der Waals surface area (Å²) in [5.41, 5.74) is -6.31. The third kappa shape index (κ3) is 5.86. The van der Waals surface area contributed by atoms with Crippen LogP contribution in [-0.4, -0.2) is 46.0 Å². The Bertz CT molecular complexity index is 860. The fraction of sp³-hybridized carbons (Fsp3) is 0.400. The van der Waals surface area contributed by atoms with E-state index in [0.717, 1.165) is 24.3 Å². The molecule has 0 saturated carbocycles. The van der Waals surface area contributed by atoms with Gasteiger partial charge in [0.2, 0.25) is 11.2 Å². The van der Waals surface area contributed by atoms with Gasteiger partial charge in [-0.05, 0) is 48.2 Å². The first-order chi connectivity index (χ1) is 14.4. The SMILES string of the molecule is Cc1ccc([C@@](O)(CO)C(F)(F)F)cc1Cl.Cc1ccc([C@](O)(CO)C(F)(F)F)cc1Cl. The molecule has 0 spiro atoms. The third-order valence-electron chi connectivity index (χ3n) is 4.69. The van der Waals surface area contributed by atoms with Gasteiger partial charge in [-0.3, -0.25) is 0 Å². The molecule has 0 aromatic heterocycles. The Morgan fingerprint density at radius 2 is 0.938 bits per heavy atom. The minimum absolute atomic E-state index is 0.105. The number of alkyl halides is 6. The van der Waals surface area contributed by atoms with Crippen molar-refractivity contribution in [2.24, 2.45) is 0 Å². The van der Waals surface area contributed by atoms with Crippen molar-refractivity contribution in [3.63, 3.8) is 0 Å². The minimum atomic E-state index is -4.96. The quantitative estimate of drug-likeness (QED) is 0.448. The fourth-order valence-corrected chi connectivity index (χ4v) is 2.75. The summed E-state index contributed by atoms with van der Waals surface area (Å²) in [5.74, 6) is 0. The second-order valence-electron chi connectivity index (χ2n) is 6.96. The van der Waals surface area contributed by atoms with Crippen molar-refractivity contribution in [3.8, 4) is 0 Å². The van der Waals surface area contributed by atoms with Crippen LogP contribution >= 0.6 is 23.2 Å². The number of rotatable bonds is 4. The van der Waals surface area contributed by atoms with Gasteiger partial charge in [0.25, 0.3) is 0 Å². The average molecular weight is 509 g/mol. The standard InChI is InChI=1S/2C10H10ClF3O2/c2*1-6-2-3-7(4-8(6)11)9(16,5-15)10(12,13)14/h2*2-4,15-16H,5H2,1H3/t2*9-/m10/s1. The second-order valence-corrected chi connectivity index (χ2v) is 7.77. The van der Waals surface area contributed by atoms with Crippen LogP contribution in [0.25, 0.3) is 0 Å². The summed E-state index contributed by atoms with van der Waals surface area (Å²) < 4.78 is 75.4. The summed E-state index contributed by atoms with van der Waals surface area (Å²) in [6.07, 6.45) is -9.92. The molecule has 0 unspecified atom stereocenters. The zero-order chi connectivity index (χ0) is 25.1. The first kappa shape index (κ1) is 28.5. The normalized spacial score (nSPS) is 15.9. The monoisotopic (exact) mass is 508 g/mol. The Labute approximate surface area is 189 Å². The van der Waals surface area contributed by atoms with Crippen LogP contribution in [0, 0.1) is 13.8 Å². The number of aliphatic hydroxyl groups is 4. The van der Waals surface area contributed by atoms with Crippen molar-refractivity contribution in [3.05, 3.63) is 68.7 Å². The van der Waals surface area contributed by atoms with E-state index in [-0.39, 0.29) is 10.0 Å². The van der Waals surface area contributed by atoms with Gasteiger partial charge in [-0.1, -0.05) is 47.5 Å². The number of benzene rings is 2. The minimum Gasteiger partial charge on any atom is -0.393 e. The molecule has 4 nitrogen and oxygen atoms in total. The van der Waals surface area contributed by atoms with Crippen LogP contribution in [0.15, 0.2) is 36.4 Å². The third-order valence-corrected chi connectivity index (χ3v) is 5.51. The summed E-state index contributed by atoms with van der Waals surface area (Å²) in [6, 6.07) is 6.88. The highest BCUT2D eigenvalue weighted by Gasteiger charge is 2.55. The maximum absolute atomic E-state index is 12.6. The molecular weight excluding hydrogens is 489 g/mol. The van der Waals surface area contributed by atoms with E-state index in [2.05, 4.69) is 0 Å². The molecular formula is C20H20Cl2F6O4. The second kappa shape index (κ2) is 10.1. The molecule has 0 bridgehead atoms. The Hall–Kier alpha value is -1.56. The van der Waals surface area contributed by atoms with Crippen molar-refractivity contribution < 1.29 is 46.8 Å². The Kier molecular flexibility index (Phi) is 9.03. The summed E-state index contributed by atoms with van der Waals surface area (Å²) in [7, 11) is 0. The van der Waals surface area contributed by atoms with Gasteiger partial charge in [0, 0.05) is 10.0 Å². The molecule has 12 heteroatoms. The van der Waals surface area contributed by atoms with Gasteiger partial charge in [0.1, 0.15) is 0 Å². The number of aliphatic hydroxyl groups excluding tert-OH is 2. The number of hydrogen-bond acceptors (Lipinski definition) is 4. The number of aryl methyl sites for hydroxylation is 2. The molecule has 0 aliphatic heterocycles. The van der Waals surface area contributed by atoms with Crippen molar-refractivity contribution in [1.82, 2.24) is 0 Å². The van der Waals surface area contributed by atoms with Crippen LogP contribution in [0.1, 0.15) is 22.3 Å². The van der Waals surface area contributed by atoms with E-state index in [9.17, 15) is 36.6 Å². The van der Waals surface area contributed by atoms with E-state index in [1.165, 1.54) is 12.1 Å². The molecule has 4 N–H and O–H groups in total. The van der Waals surface area contributed by atoms with Crippen LogP contribution in [0.5, 0.6) is 0 Å². The average Bonchev–Trinajstić information content (AvgIpc) is 2.69. The lowest BCUT2D eigenvalue weighted by Crippen LogP contribution is -2.45. The van der Waals surface area contributed by atoms with Gasteiger partial charge < -0.3 is 20.4 Å². The van der Waals surface area contributed by atoms with Gasteiger partial charge in [0.05, 0.1) is 13.2 Å². The maximum atomic E-state index is 12.6. The van der Waals surface area contributed by atoms with Crippen LogP contribution in [0.2, 0.25) is 10.0 Å². The van der Waals surface area contributed by atoms with Crippen LogP contribution in [0.4, 0.5) is 26.3 Å². The van der Waals surface area contributed by atoms with Crippen molar-refractivity contribution >= 4 is 23.2 Å². The molecule has 2 aromatic rings. The van der Waals surface area contributed by atoms with Gasteiger partial charge in [-0.25, -0.2) is 0 Å². The largest absolute Gasteiger partial charge is 0.423 e. The molecule has 2 aromatic carbocycles. The van der Waals surface area contributed by atoms with Crippen molar-refractivity contribution in [2.45, 2.75) is 37.4 Å². The van der Waals surface area contributed by atoms with Crippen LogP contribution in [0.3, 0.4) is 0 Å².